The van der Waals surface area contributed by atoms with Crippen molar-refractivity contribution in [1.82, 2.24) is 5.32 Å². The quantitative estimate of drug-likeness (QED) is 0.814. The maximum absolute atomic E-state index is 9.22. The highest BCUT2D eigenvalue weighted by Crippen LogP contribution is 2.21. The molecule has 0 amide bonds. The Hall–Kier alpha value is -1.39. The van der Waals surface area contributed by atoms with Crippen molar-refractivity contribution in [2.75, 3.05) is 13.7 Å². The summed E-state index contributed by atoms with van der Waals surface area (Å²) in [6, 6.07) is 15.8. The summed E-state index contributed by atoms with van der Waals surface area (Å²) in [6.45, 7) is 2.84. The lowest BCUT2D eigenvalue weighted by Crippen LogP contribution is -2.25. The topological polar surface area (TPSA) is 41.5 Å². The lowest BCUT2D eigenvalue weighted by Gasteiger charge is -2.21. The van der Waals surface area contributed by atoms with Crippen LogP contribution in [0.2, 0.25) is 5.02 Å². The van der Waals surface area contributed by atoms with E-state index in [1.54, 1.807) is 7.11 Å². The fraction of sp³-hybridized carbons (Fsp3) is 0.333. The Bertz CT molecular complexity index is 603. The molecule has 0 aromatic heterocycles. The van der Waals surface area contributed by atoms with Crippen molar-refractivity contribution in [1.29, 1.82) is 0 Å². The summed E-state index contributed by atoms with van der Waals surface area (Å²) < 4.78 is 5.56. The average molecular weight is 320 g/mol. The predicted molar refractivity (Wildman–Crippen MR) is 90.0 cm³/mol. The summed E-state index contributed by atoms with van der Waals surface area (Å²) in [5, 5.41) is 13.4. The molecule has 118 valence electrons. The van der Waals surface area contributed by atoms with E-state index in [0.717, 1.165) is 16.7 Å². The Balaban J connectivity index is 2.00. The molecule has 3 nitrogen and oxygen atoms in total. The first-order valence-electron chi connectivity index (χ1n) is 7.35. The summed E-state index contributed by atoms with van der Waals surface area (Å²) in [6.07, 6.45) is -0.0535. The number of halogens is 1. The molecule has 0 bridgehead atoms. The van der Waals surface area contributed by atoms with Crippen LogP contribution in [0.1, 0.15) is 35.8 Å². The Morgan fingerprint density at radius 3 is 2.55 bits per heavy atom. The van der Waals surface area contributed by atoms with Gasteiger partial charge in [-0.2, -0.15) is 0 Å². The summed E-state index contributed by atoms with van der Waals surface area (Å²) in [4.78, 5) is 0. The Morgan fingerprint density at radius 2 is 1.86 bits per heavy atom. The number of benzene rings is 2. The van der Waals surface area contributed by atoms with Crippen LogP contribution in [-0.4, -0.2) is 18.8 Å². The van der Waals surface area contributed by atoms with Gasteiger partial charge in [-0.05, 0) is 35.7 Å². The number of aliphatic hydroxyl groups is 1. The van der Waals surface area contributed by atoms with Crippen LogP contribution in [0.25, 0.3) is 0 Å². The number of aliphatic hydroxyl groups excluding tert-OH is 1. The number of rotatable bonds is 7. The molecule has 4 heteroatoms. The van der Waals surface area contributed by atoms with E-state index < -0.39 is 0 Å². The molecule has 0 aliphatic heterocycles. The van der Waals surface area contributed by atoms with Gasteiger partial charge in [-0.1, -0.05) is 48.0 Å². The van der Waals surface area contributed by atoms with Gasteiger partial charge in [0.15, 0.2) is 0 Å². The minimum absolute atomic E-state index is 0.0535. The molecule has 0 radical (unpaired) electrons. The van der Waals surface area contributed by atoms with Gasteiger partial charge in [-0.15, -0.1) is 0 Å². The first-order valence-corrected chi connectivity index (χ1v) is 7.73. The van der Waals surface area contributed by atoms with Crippen molar-refractivity contribution >= 4 is 11.6 Å². The maximum Gasteiger partial charge on any atom is 0.0946 e. The second-order valence-electron chi connectivity index (χ2n) is 5.31. The third kappa shape index (κ3) is 4.55. The first-order chi connectivity index (χ1) is 10.6. The molecule has 2 rings (SSSR count). The highest BCUT2D eigenvalue weighted by molar-refractivity contribution is 6.30. The van der Waals surface area contributed by atoms with Crippen LogP contribution in [0.3, 0.4) is 0 Å². The molecule has 2 N–H and O–H groups in total. The highest BCUT2D eigenvalue weighted by atomic mass is 35.5. The van der Waals surface area contributed by atoms with E-state index in [1.807, 2.05) is 42.5 Å². The van der Waals surface area contributed by atoms with Crippen LogP contribution in [0.5, 0.6) is 0 Å². The molecule has 2 aromatic carbocycles. The SMILES string of the molecule is COC(CNC(C)c1cccc(CO)c1)c1cccc(Cl)c1. The molecule has 0 heterocycles. The molecule has 0 saturated heterocycles. The second-order valence-corrected chi connectivity index (χ2v) is 5.75. The third-order valence-electron chi connectivity index (χ3n) is 3.75. The lowest BCUT2D eigenvalue weighted by atomic mass is 10.0. The molecule has 0 aliphatic rings. The van der Waals surface area contributed by atoms with Crippen LogP contribution in [-0.2, 0) is 11.3 Å². The molecule has 22 heavy (non-hydrogen) atoms. The Kier molecular flexibility index (Phi) is 6.40. The van der Waals surface area contributed by atoms with Crippen molar-refractivity contribution < 1.29 is 9.84 Å². The summed E-state index contributed by atoms with van der Waals surface area (Å²) in [5.74, 6) is 0. The molecule has 0 aliphatic carbocycles. The normalized spacial score (nSPS) is 13.8. The maximum atomic E-state index is 9.22. The zero-order valence-corrected chi connectivity index (χ0v) is 13.7. The van der Waals surface area contributed by atoms with Gasteiger partial charge in [0.1, 0.15) is 0 Å². The van der Waals surface area contributed by atoms with Gasteiger partial charge >= 0.3 is 0 Å². The van der Waals surface area contributed by atoms with Gasteiger partial charge in [0, 0.05) is 24.7 Å². The minimum atomic E-state index is -0.0535. The largest absolute Gasteiger partial charge is 0.392 e. The predicted octanol–water partition coefficient (Wildman–Crippen LogP) is 3.87. The van der Waals surface area contributed by atoms with Gasteiger partial charge in [-0.3, -0.25) is 0 Å². The van der Waals surface area contributed by atoms with E-state index in [0.29, 0.717) is 11.6 Å². The Labute approximate surface area is 136 Å². The Morgan fingerprint density at radius 1 is 1.14 bits per heavy atom. The van der Waals surface area contributed by atoms with Crippen LogP contribution in [0, 0.1) is 0 Å². The summed E-state index contributed by atoms with van der Waals surface area (Å²) >= 11 is 6.04. The van der Waals surface area contributed by atoms with Gasteiger partial charge in [-0.25, -0.2) is 0 Å². The number of hydrogen-bond acceptors (Lipinski definition) is 3. The number of nitrogens with one attached hydrogen (secondary N) is 1. The van der Waals surface area contributed by atoms with E-state index in [1.165, 1.54) is 0 Å². The number of ether oxygens (including phenoxy) is 1. The molecule has 0 fully saturated rings. The van der Waals surface area contributed by atoms with Crippen LogP contribution >= 0.6 is 11.6 Å². The third-order valence-corrected chi connectivity index (χ3v) is 3.98. The molecule has 2 unspecified atom stereocenters. The van der Waals surface area contributed by atoms with E-state index >= 15 is 0 Å². The monoisotopic (exact) mass is 319 g/mol. The molecule has 2 atom stereocenters. The van der Waals surface area contributed by atoms with Gasteiger partial charge in [0.05, 0.1) is 12.7 Å². The van der Waals surface area contributed by atoms with E-state index in [4.69, 9.17) is 16.3 Å². The lowest BCUT2D eigenvalue weighted by molar-refractivity contribution is 0.0999. The van der Waals surface area contributed by atoms with Crippen LogP contribution in [0.15, 0.2) is 48.5 Å². The molecule has 0 saturated carbocycles. The van der Waals surface area contributed by atoms with Gasteiger partial charge in [0.2, 0.25) is 0 Å². The van der Waals surface area contributed by atoms with Gasteiger partial charge in [0.25, 0.3) is 0 Å². The fourth-order valence-electron chi connectivity index (χ4n) is 2.41. The molecular formula is C18H22ClNO2. The minimum Gasteiger partial charge on any atom is -0.392 e. The van der Waals surface area contributed by atoms with Gasteiger partial charge < -0.3 is 15.2 Å². The summed E-state index contributed by atoms with van der Waals surface area (Å²) in [7, 11) is 1.70. The van der Waals surface area contributed by atoms with Crippen molar-refractivity contribution in [3.63, 3.8) is 0 Å². The number of hydrogen-bond donors (Lipinski definition) is 2. The molecule has 2 aromatic rings. The van der Waals surface area contributed by atoms with Crippen molar-refractivity contribution in [2.45, 2.75) is 25.7 Å². The zero-order valence-electron chi connectivity index (χ0n) is 12.9. The summed E-state index contributed by atoms with van der Waals surface area (Å²) in [5.41, 5.74) is 3.12. The van der Waals surface area contributed by atoms with E-state index in [9.17, 15) is 5.11 Å². The fourth-order valence-corrected chi connectivity index (χ4v) is 2.61. The highest BCUT2D eigenvalue weighted by Gasteiger charge is 2.13. The smallest absolute Gasteiger partial charge is 0.0946 e. The molecule has 0 spiro atoms. The van der Waals surface area contributed by atoms with Crippen LogP contribution in [0.4, 0.5) is 0 Å². The zero-order chi connectivity index (χ0) is 15.9. The average Bonchev–Trinajstić information content (AvgIpc) is 2.55. The second kappa shape index (κ2) is 8.30. The number of methoxy groups -OCH3 is 1. The van der Waals surface area contributed by atoms with Crippen molar-refractivity contribution in [3.8, 4) is 0 Å². The van der Waals surface area contributed by atoms with Crippen molar-refractivity contribution in [3.05, 3.63) is 70.2 Å². The van der Waals surface area contributed by atoms with Crippen LogP contribution < -0.4 is 5.32 Å². The standard InChI is InChI=1S/C18H22ClNO2/c1-13(15-6-3-5-14(9-15)12-21)20-11-18(22-2)16-7-4-8-17(19)10-16/h3-10,13,18,20-21H,11-12H2,1-2H3. The molecular weight excluding hydrogens is 298 g/mol. The van der Waals surface area contributed by atoms with E-state index in [2.05, 4.69) is 18.3 Å². The first kappa shape index (κ1) is 17.0. The van der Waals surface area contributed by atoms with Crippen molar-refractivity contribution in [2.24, 2.45) is 0 Å². The van der Waals surface area contributed by atoms with E-state index in [-0.39, 0.29) is 18.8 Å².